The summed E-state index contributed by atoms with van der Waals surface area (Å²) in [7, 11) is -3.44. The maximum absolute atomic E-state index is 12.3. The van der Waals surface area contributed by atoms with Gasteiger partial charge in [-0.2, -0.15) is 0 Å². The number of nitrogens with one attached hydrogen (secondary N) is 1. The average Bonchev–Trinajstić information content (AvgIpc) is 2.57. The van der Waals surface area contributed by atoms with E-state index in [4.69, 9.17) is 16.3 Å². The van der Waals surface area contributed by atoms with Gasteiger partial charge in [-0.05, 0) is 54.0 Å². The second-order valence-electron chi connectivity index (χ2n) is 5.81. The number of carbonyl (C=O) groups excluding carboxylic acids is 1. The molecule has 0 radical (unpaired) electrons. The molecule has 1 saturated heterocycles. The molecule has 138 valence electrons. The Balaban J connectivity index is 1.85. The Morgan fingerprint density at radius 3 is 2.72 bits per heavy atom. The standard InChI is InChI=1S/C16H20ClIN2O4S/c1-3-25(22,23)19-12-4-6-20(7-5-12)16(21)10-24-15-9-13(17)11(2)8-14(15)18/h3,8-9,12,19H,1,4-7,10H2,2H3. The topological polar surface area (TPSA) is 75.7 Å². The molecule has 1 aromatic carbocycles. The summed E-state index contributed by atoms with van der Waals surface area (Å²) in [4.78, 5) is 14.0. The number of sulfonamides is 1. The highest BCUT2D eigenvalue weighted by Crippen LogP contribution is 2.28. The Labute approximate surface area is 166 Å². The largest absolute Gasteiger partial charge is 0.483 e. The summed E-state index contributed by atoms with van der Waals surface area (Å²) < 4.78 is 32.0. The molecule has 1 aromatic rings. The highest BCUT2D eigenvalue weighted by molar-refractivity contribution is 14.1. The van der Waals surface area contributed by atoms with Crippen LogP contribution in [0.4, 0.5) is 0 Å². The van der Waals surface area contributed by atoms with E-state index in [-0.39, 0.29) is 18.6 Å². The first-order chi connectivity index (χ1) is 11.7. The van der Waals surface area contributed by atoms with Gasteiger partial charge in [0.15, 0.2) is 6.61 Å². The third kappa shape index (κ3) is 5.83. The molecule has 1 heterocycles. The zero-order valence-electron chi connectivity index (χ0n) is 13.8. The number of ether oxygens (including phenoxy) is 1. The molecule has 6 nitrogen and oxygen atoms in total. The van der Waals surface area contributed by atoms with Crippen molar-refractivity contribution in [1.29, 1.82) is 0 Å². The maximum atomic E-state index is 12.3. The lowest BCUT2D eigenvalue weighted by molar-refractivity contribution is -0.134. The number of amides is 1. The summed E-state index contributed by atoms with van der Waals surface area (Å²) >= 11 is 8.23. The molecule has 1 fully saturated rings. The van der Waals surface area contributed by atoms with Gasteiger partial charge < -0.3 is 9.64 Å². The van der Waals surface area contributed by atoms with Crippen LogP contribution in [0.5, 0.6) is 5.75 Å². The number of hydrogen-bond donors (Lipinski definition) is 1. The number of likely N-dealkylation sites (tertiary alicyclic amines) is 1. The summed E-state index contributed by atoms with van der Waals surface area (Å²) in [6, 6.07) is 3.44. The van der Waals surface area contributed by atoms with Crippen LogP contribution >= 0.6 is 34.2 Å². The zero-order valence-corrected chi connectivity index (χ0v) is 17.5. The minimum absolute atomic E-state index is 0.0710. The Morgan fingerprint density at radius 1 is 1.48 bits per heavy atom. The fraction of sp³-hybridized carbons (Fsp3) is 0.438. The molecule has 0 unspecified atom stereocenters. The van der Waals surface area contributed by atoms with Gasteiger partial charge in [-0.25, -0.2) is 13.1 Å². The quantitative estimate of drug-likeness (QED) is 0.612. The van der Waals surface area contributed by atoms with E-state index < -0.39 is 10.0 Å². The lowest BCUT2D eigenvalue weighted by Crippen LogP contribution is -2.47. The second-order valence-corrected chi connectivity index (χ2v) is 9.03. The van der Waals surface area contributed by atoms with E-state index in [0.717, 1.165) is 14.5 Å². The first-order valence-electron chi connectivity index (χ1n) is 7.73. The molecule has 1 aliphatic rings. The molecule has 1 aliphatic heterocycles. The predicted molar refractivity (Wildman–Crippen MR) is 106 cm³/mol. The van der Waals surface area contributed by atoms with Gasteiger partial charge in [0.05, 0.1) is 3.57 Å². The fourth-order valence-corrected chi connectivity index (χ4v) is 4.23. The average molecular weight is 499 g/mol. The summed E-state index contributed by atoms with van der Waals surface area (Å²) in [6.07, 6.45) is 1.12. The molecule has 25 heavy (non-hydrogen) atoms. The van der Waals surface area contributed by atoms with E-state index in [1.807, 2.05) is 13.0 Å². The predicted octanol–water partition coefficient (Wildman–Crippen LogP) is 2.69. The number of halogens is 2. The Hall–Kier alpha value is -0.840. The van der Waals surface area contributed by atoms with Crippen LogP contribution in [-0.4, -0.2) is 45.0 Å². The first-order valence-corrected chi connectivity index (χ1v) is 10.7. The Morgan fingerprint density at radius 2 is 2.12 bits per heavy atom. The number of piperidine rings is 1. The van der Waals surface area contributed by atoms with E-state index in [1.165, 1.54) is 0 Å². The third-order valence-corrected chi connectivity index (χ3v) is 6.31. The summed E-state index contributed by atoms with van der Waals surface area (Å²) in [6.45, 7) is 6.08. The van der Waals surface area contributed by atoms with Gasteiger partial charge >= 0.3 is 0 Å². The molecule has 0 atom stereocenters. The van der Waals surface area contributed by atoms with Crippen molar-refractivity contribution < 1.29 is 17.9 Å². The number of nitrogens with zero attached hydrogens (tertiary/aromatic N) is 1. The van der Waals surface area contributed by atoms with Crippen molar-refractivity contribution in [2.75, 3.05) is 19.7 Å². The number of carbonyl (C=O) groups is 1. The van der Waals surface area contributed by atoms with Crippen LogP contribution in [0.1, 0.15) is 18.4 Å². The van der Waals surface area contributed by atoms with Gasteiger partial charge in [0, 0.05) is 35.6 Å². The summed E-state index contributed by atoms with van der Waals surface area (Å²) in [5.41, 5.74) is 0.953. The molecule has 0 aromatic heterocycles. The van der Waals surface area contributed by atoms with Gasteiger partial charge in [0.1, 0.15) is 5.75 Å². The summed E-state index contributed by atoms with van der Waals surface area (Å²) in [5.74, 6) is 0.454. The smallest absolute Gasteiger partial charge is 0.260 e. The fourth-order valence-electron chi connectivity index (χ4n) is 2.50. The van der Waals surface area contributed by atoms with Gasteiger partial charge in [-0.1, -0.05) is 18.2 Å². The van der Waals surface area contributed by atoms with Gasteiger partial charge in [0.2, 0.25) is 10.0 Å². The number of hydrogen-bond acceptors (Lipinski definition) is 4. The van der Waals surface area contributed by atoms with Gasteiger partial charge in [-0.15, -0.1) is 0 Å². The van der Waals surface area contributed by atoms with Crippen molar-refractivity contribution >= 4 is 50.1 Å². The van der Waals surface area contributed by atoms with Crippen LogP contribution in [0.2, 0.25) is 5.02 Å². The van der Waals surface area contributed by atoms with Crippen LogP contribution < -0.4 is 9.46 Å². The SMILES string of the molecule is C=CS(=O)(=O)NC1CCN(C(=O)COc2cc(Cl)c(C)cc2I)CC1. The van der Waals surface area contributed by atoms with Crippen LogP contribution in [0.25, 0.3) is 0 Å². The normalized spacial score (nSPS) is 15.9. The second kappa shape index (κ2) is 8.70. The lowest BCUT2D eigenvalue weighted by atomic mass is 10.1. The number of aryl methyl sites for hydroxylation is 1. The van der Waals surface area contributed by atoms with Gasteiger partial charge in [0.25, 0.3) is 5.91 Å². The zero-order chi connectivity index (χ0) is 18.6. The van der Waals surface area contributed by atoms with E-state index in [9.17, 15) is 13.2 Å². The Kier molecular flexibility index (Phi) is 7.12. The van der Waals surface area contributed by atoms with Crippen LogP contribution in [0.3, 0.4) is 0 Å². The van der Waals surface area contributed by atoms with Crippen molar-refractivity contribution in [3.05, 3.63) is 38.3 Å². The molecule has 0 aliphatic carbocycles. The number of rotatable bonds is 6. The number of benzene rings is 1. The highest BCUT2D eigenvalue weighted by Gasteiger charge is 2.25. The molecule has 9 heteroatoms. The molecular weight excluding hydrogens is 479 g/mol. The maximum Gasteiger partial charge on any atom is 0.260 e. The minimum atomic E-state index is -3.44. The molecule has 2 rings (SSSR count). The highest BCUT2D eigenvalue weighted by atomic mass is 127. The van der Waals surface area contributed by atoms with E-state index >= 15 is 0 Å². The van der Waals surface area contributed by atoms with Crippen LogP contribution in [0, 0.1) is 10.5 Å². The lowest BCUT2D eigenvalue weighted by Gasteiger charge is -2.32. The monoisotopic (exact) mass is 498 g/mol. The van der Waals surface area contributed by atoms with Crippen molar-refractivity contribution in [1.82, 2.24) is 9.62 Å². The van der Waals surface area contributed by atoms with E-state index in [0.29, 0.717) is 36.7 Å². The Bertz CT molecular complexity index is 762. The third-order valence-electron chi connectivity index (χ3n) is 3.96. The van der Waals surface area contributed by atoms with Crippen molar-refractivity contribution in [3.63, 3.8) is 0 Å². The minimum Gasteiger partial charge on any atom is -0.483 e. The van der Waals surface area contributed by atoms with E-state index in [2.05, 4.69) is 33.9 Å². The molecule has 0 bridgehead atoms. The van der Waals surface area contributed by atoms with Crippen molar-refractivity contribution in [2.45, 2.75) is 25.8 Å². The molecule has 1 N–H and O–H groups in total. The molecular formula is C16H20ClIN2O4S. The van der Waals surface area contributed by atoms with Crippen LogP contribution in [0.15, 0.2) is 24.1 Å². The van der Waals surface area contributed by atoms with Crippen LogP contribution in [-0.2, 0) is 14.8 Å². The first kappa shape index (κ1) is 20.5. The molecule has 1 amide bonds. The molecule has 0 saturated carbocycles. The van der Waals surface area contributed by atoms with Crippen molar-refractivity contribution in [2.24, 2.45) is 0 Å². The van der Waals surface area contributed by atoms with Crippen molar-refractivity contribution in [3.8, 4) is 5.75 Å². The van der Waals surface area contributed by atoms with E-state index in [1.54, 1.807) is 11.0 Å². The molecule has 0 spiro atoms. The summed E-state index contributed by atoms with van der Waals surface area (Å²) in [5, 5.41) is 1.49. The van der Waals surface area contributed by atoms with Gasteiger partial charge in [-0.3, -0.25) is 4.79 Å².